The SMILES string of the molecule is C1=Cc2c(sc3ccc(N(c4cccc(-c5cccc6oc7c8ccccc8ccc7c56)c4)c4cccc5c4-c4ccccc4C5(c4ccccc4)c4ccccc4)cc23)CC1. The van der Waals surface area contributed by atoms with E-state index in [4.69, 9.17) is 4.42 Å². The topological polar surface area (TPSA) is 16.4 Å². The molecule has 9 aromatic carbocycles. The molecular weight excluding hydrogens is 771 g/mol. The number of hydrogen-bond donors (Lipinski definition) is 0. The zero-order valence-corrected chi connectivity index (χ0v) is 34.7. The van der Waals surface area contributed by atoms with E-state index in [1.54, 1.807) is 0 Å². The van der Waals surface area contributed by atoms with Gasteiger partial charge in [0.15, 0.2) is 0 Å². The molecule has 2 aliphatic rings. The van der Waals surface area contributed by atoms with Crippen LogP contribution in [0.3, 0.4) is 0 Å². The van der Waals surface area contributed by atoms with Crippen LogP contribution in [0.25, 0.3) is 71.1 Å². The molecule has 13 rings (SSSR count). The Bertz CT molecular complexity index is 3550. The van der Waals surface area contributed by atoms with Gasteiger partial charge in [-0.25, -0.2) is 0 Å². The van der Waals surface area contributed by atoms with Crippen LogP contribution >= 0.6 is 11.3 Å². The average molecular weight is 810 g/mol. The molecule has 0 spiro atoms. The molecule has 0 fully saturated rings. The minimum Gasteiger partial charge on any atom is -0.455 e. The highest BCUT2D eigenvalue weighted by molar-refractivity contribution is 7.19. The maximum atomic E-state index is 6.68. The lowest BCUT2D eigenvalue weighted by Crippen LogP contribution is -2.28. The molecule has 0 amide bonds. The predicted molar refractivity (Wildman–Crippen MR) is 261 cm³/mol. The zero-order valence-electron chi connectivity index (χ0n) is 33.9. The third kappa shape index (κ3) is 5.09. The summed E-state index contributed by atoms with van der Waals surface area (Å²) < 4.78 is 8.02. The lowest BCUT2D eigenvalue weighted by molar-refractivity contribution is 0.673. The molecule has 0 radical (unpaired) electrons. The molecule has 11 aromatic rings. The van der Waals surface area contributed by atoms with E-state index in [1.807, 2.05) is 11.3 Å². The smallest absolute Gasteiger partial charge is 0.143 e. The summed E-state index contributed by atoms with van der Waals surface area (Å²) in [5.41, 5.74) is 16.0. The van der Waals surface area contributed by atoms with E-state index in [-0.39, 0.29) is 0 Å². The van der Waals surface area contributed by atoms with Crippen molar-refractivity contribution < 1.29 is 4.42 Å². The van der Waals surface area contributed by atoms with Crippen LogP contribution in [0, 0.1) is 0 Å². The van der Waals surface area contributed by atoms with Crippen LogP contribution in [0.2, 0.25) is 0 Å². The monoisotopic (exact) mass is 809 g/mol. The van der Waals surface area contributed by atoms with Crippen LogP contribution in [-0.4, -0.2) is 0 Å². The Labute approximate surface area is 364 Å². The van der Waals surface area contributed by atoms with Gasteiger partial charge in [0.1, 0.15) is 11.2 Å². The first-order valence-corrected chi connectivity index (χ1v) is 22.4. The largest absolute Gasteiger partial charge is 0.455 e. The van der Waals surface area contributed by atoms with Crippen molar-refractivity contribution in [3.63, 3.8) is 0 Å². The zero-order chi connectivity index (χ0) is 40.8. The standard InChI is InChI=1S/C59H39NOS/c1-3-18-40(19-4-1)59(41-20-5-2-6-21-41)50-27-11-9-25-47(50)57-51(59)28-15-29-52(57)60(43-33-35-55-49(37-43)46-24-10-12-31-54(46)62-55)42-22-13-17-39(36-42)44-26-14-30-53-56(44)48-34-32-38-16-7-8-23-45(38)58(48)61-53/h1-11,13-30,32-37H,12,31H2. The first kappa shape index (κ1) is 35.3. The third-order valence-electron chi connectivity index (χ3n) is 13.4. The number of allylic oxidation sites excluding steroid dienone is 1. The lowest BCUT2D eigenvalue weighted by atomic mass is 9.68. The molecule has 2 aromatic heterocycles. The minimum atomic E-state index is -0.513. The van der Waals surface area contributed by atoms with Gasteiger partial charge in [0.2, 0.25) is 0 Å². The van der Waals surface area contributed by atoms with Crippen molar-refractivity contribution in [1.29, 1.82) is 0 Å². The molecule has 2 heterocycles. The van der Waals surface area contributed by atoms with Crippen LogP contribution in [0.5, 0.6) is 0 Å². The van der Waals surface area contributed by atoms with E-state index in [9.17, 15) is 0 Å². The number of thiophene rings is 1. The van der Waals surface area contributed by atoms with Crippen molar-refractivity contribution >= 4 is 77.3 Å². The number of fused-ring (bicyclic) bond motifs is 11. The molecule has 0 unspecified atom stereocenters. The highest BCUT2D eigenvalue weighted by atomic mass is 32.1. The number of rotatable bonds is 6. The van der Waals surface area contributed by atoms with Crippen molar-refractivity contribution in [3.05, 3.63) is 239 Å². The van der Waals surface area contributed by atoms with E-state index < -0.39 is 5.41 Å². The number of anilines is 3. The van der Waals surface area contributed by atoms with Crippen molar-refractivity contribution in [2.24, 2.45) is 0 Å². The van der Waals surface area contributed by atoms with Crippen LogP contribution in [-0.2, 0) is 11.8 Å². The fraction of sp³-hybridized carbons (Fsp3) is 0.0508. The van der Waals surface area contributed by atoms with E-state index in [0.717, 1.165) is 68.4 Å². The van der Waals surface area contributed by atoms with Crippen molar-refractivity contribution in [1.82, 2.24) is 0 Å². The van der Waals surface area contributed by atoms with Crippen molar-refractivity contribution in [3.8, 4) is 22.3 Å². The lowest BCUT2D eigenvalue weighted by Gasteiger charge is -2.34. The van der Waals surface area contributed by atoms with Gasteiger partial charge in [0, 0.05) is 48.1 Å². The summed E-state index contributed by atoms with van der Waals surface area (Å²) >= 11 is 1.94. The number of nitrogens with zero attached hydrogens (tertiary/aromatic N) is 1. The Morgan fingerprint density at radius 1 is 0.532 bits per heavy atom. The normalized spacial score (nSPS) is 13.7. The van der Waals surface area contributed by atoms with Gasteiger partial charge in [-0.05, 0) is 111 Å². The Morgan fingerprint density at radius 3 is 2.13 bits per heavy atom. The van der Waals surface area contributed by atoms with Gasteiger partial charge in [-0.1, -0.05) is 164 Å². The Hall–Kier alpha value is -7.46. The second-order valence-corrected chi connectivity index (χ2v) is 17.8. The Balaban J connectivity index is 1.08. The molecule has 292 valence electrons. The molecule has 0 bridgehead atoms. The highest BCUT2D eigenvalue weighted by Crippen LogP contribution is 2.59. The van der Waals surface area contributed by atoms with Crippen LogP contribution in [0.4, 0.5) is 17.1 Å². The number of hydrogen-bond acceptors (Lipinski definition) is 3. The van der Waals surface area contributed by atoms with Gasteiger partial charge in [-0.15, -0.1) is 11.3 Å². The summed E-state index contributed by atoms with van der Waals surface area (Å²) in [6, 6.07) is 73.9. The molecule has 0 N–H and O–H groups in total. The molecule has 0 saturated heterocycles. The first-order valence-electron chi connectivity index (χ1n) is 21.6. The summed E-state index contributed by atoms with van der Waals surface area (Å²) in [5, 5.41) is 5.90. The molecule has 2 nitrogen and oxygen atoms in total. The van der Waals surface area contributed by atoms with Gasteiger partial charge >= 0.3 is 0 Å². The summed E-state index contributed by atoms with van der Waals surface area (Å²) in [5.74, 6) is 0. The number of benzene rings is 9. The summed E-state index contributed by atoms with van der Waals surface area (Å²) in [6.07, 6.45) is 6.87. The quantitative estimate of drug-likeness (QED) is 0.166. The van der Waals surface area contributed by atoms with Gasteiger partial charge < -0.3 is 9.32 Å². The van der Waals surface area contributed by atoms with Crippen molar-refractivity contribution in [2.45, 2.75) is 18.3 Å². The Kier molecular flexibility index (Phi) is 7.85. The number of furan rings is 1. The van der Waals surface area contributed by atoms with E-state index in [2.05, 4.69) is 217 Å². The molecule has 0 aliphatic heterocycles. The minimum absolute atomic E-state index is 0.513. The first-order chi connectivity index (χ1) is 30.8. The van der Waals surface area contributed by atoms with Gasteiger partial charge in [-0.3, -0.25) is 0 Å². The van der Waals surface area contributed by atoms with Gasteiger partial charge in [0.05, 0.1) is 11.1 Å². The molecule has 2 aliphatic carbocycles. The second kappa shape index (κ2) is 13.8. The molecule has 0 saturated carbocycles. The van der Waals surface area contributed by atoms with Crippen LogP contribution in [0.1, 0.15) is 39.1 Å². The Morgan fingerprint density at radius 2 is 1.26 bits per heavy atom. The van der Waals surface area contributed by atoms with Crippen LogP contribution < -0.4 is 4.90 Å². The maximum Gasteiger partial charge on any atom is 0.143 e. The third-order valence-corrected chi connectivity index (χ3v) is 14.6. The fourth-order valence-corrected chi connectivity index (χ4v) is 12.0. The molecular formula is C59H39NOS. The number of aryl methyl sites for hydroxylation is 1. The summed E-state index contributed by atoms with van der Waals surface area (Å²) in [7, 11) is 0. The summed E-state index contributed by atoms with van der Waals surface area (Å²) in [4.78, 5) is 3.99. The van der Waals surface area contributed by atoms with Gasteiger partial charge in [-0.2, -0.15) is 0 Å². The van der Waals surface area contributed by atoms with E-state index >= 15 is 0 Å². The second-order valence-electron chi connectivity index (χ2n) is 16.6. The summed E-state index contributed by atoms with van der Waals surface area (Å²) in [6.45, 7) is 0. The fourth-order valence-electron chi connectivity index (χ4n) is 10.8. The van der Waals surface area contributed by atoms with E-state index in [1.165, 1.54) is 59.3 Å². The average Bonchev–Trinajstić information content (AvgIpc) is 4.01. The predicted octanol–water partition coefficient (Wildman–Crippen LogP) is 16.4. The van der Waals surface area contributed by atoms with Crippen LogP contribution in [0.15, 0.2) is 211 Å². The molecule has 0 atom stereocenters. The maximum absolute atomic E-state index is 6.68. The molecule has 3 heteroatoms. The highest BCUT2D eigenvalue weighted by Gasteiger charge is 2.47. The van der Waals surface area contributed by atoms with Crippen molar-refractivity contribution in [2.75, 3.05) is 4.90 Å². The van der Waals surface area contributed by atoms with Gasteiger partial charge in [0.25, 0.3) is 0 Å². The molecule has 62 heavy (non-hydrogen) atoms. The van der Waals surface area contributed by atoms with E-state index in [0.29, 0.717) is 0 Å².